The van der Waals surface area contributed by atoms with Gasteiger partial charge in [0, 0.05) is 12.8 Å². The molecule has 0 spiro atoms. The Hall–Kier alpha value is -1.43. The zero-order valence-electron chi connectivity index (χ0n) is 12.2. The van der Waals surface area contributed by atoms with Crippen molar-refractivity contribution in [2.75, 3.05) is 11.9 Å². The molecule has 110 valence electrons. The molecular formula is C14H21N3O2S. The van der Waals surface area contributed by atoms with Crippen LogP contribution in [0.2, 0.25) is 0 Å². The van der Waals surface area contributed by atoms with E-state index in [4.69, 9.17) is 4.74 Å². The number of allylic oxidation sites excluding steroid dienone is 1. The normalized spacial score (nSPS) is 15.4. The summed E-state index contributed by atoms with van der Waals surface area (Å²) in [5.41, 5.74) is 0.749. The van der Waals surface area contributed by atoms with Crippen LogP contribution in [-0.4, -0.2) is 22.7 Å². The maximum atomic E-state index is 12.3. The molecule has 0 aliphatic carbocycles. The van der Waals surface area contributed by atoms with Crippen LogP contribution in [0.4, 0.5) is 5.13 Å². The Labute approximate surface area is 123 Å². The maximum Gasteiger partial charge on any atom is 0.256 e. The molecule has 0 unspecified atom stereocenters. The highest BCUT2D eigenvalue weighted by Gasteiger charge is 2.20. The van der Waals surface area contributed by atoms with Crippen LogP contribution in [0, 0.1) is 5.92 Å². The van der Waals surface area contributed by atoms with Crippen LogP contribution in [0.25, 0.3) is 0 Å². The lowest BCUT2D eigenvalue weighted by Crippen LogP contribution is -2.20. The van der Waals surface area contributed by atoms with Crippen molar-refractivity contribution in [3.8, 4) is 0 Å². The Bertz CT molecular complexity index is 508. The summed E-state index contributed by atoms with van der Waals surface area (Å²) >= 11 is 1.44. The first kappa shape index (κ1) is 15.0. The summed E-state index contributed by atoms with van der Waals surface area (Å²) in [4.78, 5) is 12.3. The van der Waals surface area contributed by atoms with Gasteiger partial charge >= 0.3 is 0 Å². The van der Waals surface area contributed by atoms with Crippen LogP contribution in [-0.2, 0) is 16.0 Å². The van der Waals surface area contributed by atoms with Crippen molar-refractivity contribution in [2.24, 2.45) is 5.92 Å². The third-order valence-corrected chi connectivity index (χ3v) is 3.91. The summed E-state index contributed by atoms with van der Waals surface area (Å²) < 4.78 is 5.54. The molecule has 2 heterocycles. The highest BCUT2D eigenvalue weighted by Crippen LogP contribution is 2.24. The largest absolute Gasteiger partial charge is 0.497 e. The van der Waals surface area contributed by atoms with Gasteiger partial charge in [-0.05, 0) is 18.8 Å². The highest BCUT2D eigenvalue weighted by molar-refractivity contribution is 7.15. The summed E-state index contributed by atoms with van der Waals surface area (Å²) in [6.45, 7) is 6.98. The van der Waals surface area contributed by atoms with Crippen LogP contribution in [0.1, 0.15) is 45.0 Å². The minimum atomic E-state index is -0.103. The fourth-order valence-corrected chi connectivity index (χ4v) is 3.08. The minimum absolute atomic E-state index is 0.103. The Morgan fingerprint density at radius 3 is 2.95 bits per heavy atom. The summed E-state index contributed by atoms with van der Waals surface area (Å²) in [6.07, 6.45) is 3.30. The van der Waals surface area contributed by atoms with Crippen molar-refractivity contribution >= 4 is 22.4 Å². The highest BCUT2D eigenvalue weighted by atomic mass is 32.1. The molecular weight excluding hydrogens is 274 g/mol. The van der Waals surface area contributed by atoms with Gasteiger partial charge in [-0.25, -0.2) is 0 Å². The zero-order valence-corrected chi connectivity index (χ0v) is 13.0. The number of anilines is 1. The van der Waals surface area contributed by atoms with Crippen molar-refractivity contribution in [2.45, 2.75) is 46.5 Å². The third kappa shape index (κ3) is 3.79. The summed E-state index contributed by atoms with van der Waals surface area (Å²) in [5.74, 6) is 1.24. The Balaban J connectivity index is 2.03. The average Bonchev–Trinajstić information content (AvgIpc) is 2.85. The number of rotatable bonds is 5. The maximum absolute atomic E-state index is 12.3. The second-order valence-electron chi connectivity index (χ2n) is 5.26. The molecule has 0 radical (unpaired) electrons. The molecule has 1 aliphatic rings. The van der Waals surface area contributed by atoms with Gasteiger partial charge in [-0.3, -0.25) is 10.1 Å². The Morgan fingerprint density at radius 2 is 2.25 bits per heavy atom. The molecule has 1 N–H and O–H groups in total. The molecule has 2 rings (SSSR count). The van der Waals surface area contributed by atoms with Crippen LogP contribution in [0.5, 0.6) is 0 Å². The molecule has 1 aromatic heterocycles. The number of aromatic nitrogens is 2. The van der Waals surface area contributed by atoms with Crippen LogP contribution in [0.3, 0.4) is 0 Å². The van der Waals surface area contributed by atoms with Gasteiger partial charge in [-0.15, -0.1) is 10.2 Å². The van der Waals surface area contributed by atoms with Crippen molar-refractivity contribution in [1.82, 2.24) is 10.2 Å². The summed E-state index contributed by atoms with van der Waals surface area (Å²) in [7, 11) is 0. The van der Waals surface area contributed by atoms with Gasteiger partial charge in [0.05, 0.1) is 12.2 Å². The van der Waals surface area contributed by atoms with Crippen molar-refractivity contribution in [3.63, 3.8) is 0 Å². The second-order valence-corrected chi connectivity index (χ2v) is 6.32. The number of ether oxygens (including phenoxy) is 1. The number of hydrogen-bond acceptors (Lipinski definition) is 5. The van der Waals surface area contributed by atoms with E-state index in [-0.39, 0.29) is 5.91 Å². The van der Waals surface area contributed by atoms with Gasteiger partial charge in [-0.1, -0.05) is 32.1 Å². The van der Waals surface area contributed by atoms with Crippen molar-refractivity contribution in [1.29, 1.82) is 0 Å². The lowest BCUT2D eigenvalue weighted by Gasteiger charge is -2.19. The van der Waals surface area contributed by atoms with Gasteiger partial charge in [-0.2, -0.15) is 0 Å². The van der Waals surface area contributed by atoms with E-state index in [9.17, 15) is 4.79 Å². The summed E-state index contributed by atoms with van der Waals surface area (Å²) in [6, 6.07) is 0. The standard InChI is InChI=1S/C14H21N3O2S/c1-4-11-10(6-5-7-19-11)13(18)15-14-17-16-12(20-14)8-9(2)3/h9H,4-8H2,1-3H3,(H,15,17,18). The molecule has 5 nitrogen and oxygen atoms in total. The lowest BCUT2D eigenvalue weighted by molar-refractivity contribution is -0.113. The number of nitrogens with zero attached hydrogens (tertiary/aromatic N) is 2. The monoisotopic (exact) mass is 295 g/mol. The van der Waals surface area contributed by atoms with E-state index in [1.807, 2.05) is 6.92 Å². The molecule has 0 fully saturated rings. The number of carbonyl (C=O) groups is 1. The lowest BCUT2D eigenvalue weighted by atomic mass is 10.0. The molecule has 0 bridgehead atoms. The van der Waals surface area contributed by atoms with E-state index in [0.29, 0.717) is 17.7 Å². The third-order valence-electron chi connectivity index (χ3n) is 3.05. The first-order valence-corrected chi connectivity index (χ1v) is 7.90. The predicted molar refractivity (Wildman–Crippen MR) is 79.6 cm³/mol. The fraction of sp³-hybridized carbons (Fsp3) is 0.643. The molecule has 0 saturated carbocycles. The minimum Gasteiger partial charge on any atom is -0.497 e. The Kier molecular flexibility index (Phi) is 5.11. The fourth-order valence-electron chi connectivity index (χ4n) is 2.13. The number of amides is 1. The van der Waals surface area contributed by atoms with Gasteiger partial charge in [0.25, 0.3) is 5.91 Å². The van der Waals surface area contributed by atoms with E-state index in [0.717, 1.165) is 42.0 Å². The first-order chi connectivity index (χ1) is 9.60. The molecule has 6 heteroatoms. The van der Waals surface area contributed by atoms with E-state index in [1.165, 1.54) is 11.3 Å². The van der Waals surface area contributed by atoms with E-state index in [1.54, 1.807) is 0 Å². The van der Waals surface area contributed by atoms with Gasteiger partial charge in [0.1, 0.15) is 10.8 Å². The molecule has 0 aromatic carbocycles. The number of carbonyl (C=O) groups excluding carboxylic acids is 1. The van der Waals surface area contributed by atoms with Crippen LogP contribution in [0.15, 0.2) is 11.3 Å². The van der Waals surface area contributed by atoms with Gasteiger partial charge < -0.3 is 4.74 Å². The second kappa shape index (κ2) is 6.83. The van der Waals surface area contributed by atoms with Crippen LogP contribution >= 0.6 is 11.3 Å². The zero-order chi connectivity index (χ0) is 14.5. The molecule has 1 aromatic rings. The van der Waals surface area contributed by atoms with Crippen molar-refractivity contribution in [3.05, 3.63) is 16.3 Å². The quantitative estimate of drug-likeness (QED) is 0.906. The smallest absolute Gasteiger partial charge is 0.256 e. The van der Waals surface area contributed by atoms with E-state index in [2.05, 4.69) is 29.4 Å². The SMILES string of the molecule is CCC1=C(C(=O)Nc2nnc(CC(C)C)s2)CCCO1. The predicted octanol–water partition coefficient (Wildman–Crippen LogP) is 3.15. The van der Waals surface area contributed by atoms with E-state index >= 15 is 0 Å². The topological polar surface area (TPSA) is 64.1 Å². The molecule has 0 saturated heterocycles. The van der Waals surface area contributed by atoms with Crippen LogP contribution < -0.4 is 5.32 Å². The average molecular weight is 295 g/mol. The van der Waals surface area contributed by atoms with Gasteiger partial charge in [0.2, 0.25) is 5.13 Å². The molecule has 20 heavy (non-hydrogen) atoms. The molecule has 0 atom stereocenters. The van der Waals surface area contributed by atoms with Gasteiger partial charge in [0.15, 0.2) is 0 Å². The Morgan fingerprint density at radius 1 is 1.45 bits per heavy atom. The molecule has 1 amide bonds. The van der Waals surface area contributed by atoms with Crippen molar-refractivity contribution < 1.29 is 9.53 Å². The number of nitrogens with one attached hydrogen (secondary N) is 1. The van der Waals surface area contributed by atoms with E-state index < -0.39 is 0 Å². The molecule has 1 aliphatic heterocycles. The first-order valence-electron chi connectivity index (χ1n) is 7.08. The number of hydrogen-bond donors (Lipinski definition) is 1. The summed E-state index contributed by atoms with van der Waals surface area (Å²) in [5, 5.41) is 12.5.